The van der Waals surface area contributed by atoms with Crippen molar-refractivity contribution in [1.29, 1.82) is 0 Å². The number of hydrogen-bond donors (Lipinski definition) is 2. The standard InChI is InChI=1S/C36H45N3O3/c1-2-10-31(34(37)40)32(22-25-11-3-4-12-25)35(41)38-33-17-7-8-20-39(36(33)42)24-26-13-9-16-28(21-26)30-19-18-27-14-5-6-15-29(27)23-30/h5-6,9,13-16,18-19,21,23,25,31-33H,2-4,7-8,10-12,17,20,22,24H2,1H3,(H2,37,40)(H,38,41)/t31?,32?,33-/m0/s1. The summed E-state index contributed by atoms with van der Waals surface area (Å²) in [7, 11) is 0. The SMILES string of the molecule is CCCC(C(N)=O)C(CC1CCCC1)C(=O)N[C@H]1CCCCN(Cc2cccc(-c3ccc4ccccc4c3)c2)C1=O. The Kier molecular flexibility index (Phi) is 9.93. The third kappa shape index (κ3) is 7.21. The molecule has 0 bridgehead atoms. The average molecular weight is 568 g/mol. The van der Waals surface area contributed by atoms with Crippen LogP contribution in [0, 0.1) is 17.8 Å². The second kappa shape index (κ2) is 14.0. The van der Waals surface area contributed by atoms with Gasteiger partial charge in [-0.1, -0.05) is 93.6 Å². The molecule has 1 heterocycles. The van der Waals surface area contributed by atoms with Crippen LogP contribution >= 0.6 is 0 Å². The number of carbonyl (C=O) groups is 3. The van der Waals surface area contributed by atoms with Crippen molar-refractivity contribution < 1.29 is 14.4 Å². The van der Waals surface area contributed by atoms with Gasteiger partial charge < -0.3 is 16.0 Å². The number of rotatable bonds is 11. The lowest BCUT2D eigenvalue weighted by atomic mass is 9.80. The largest absolute Gasteiger partial charge is 0.369 e. The topological polar surface area (TPSA) is 92.5 Å². The van der Waals surface area contributed by atoms with Crippen LogP contribution in [-0.4, -0.2) is 35.2 Å². The first-order valence-electron chi connectivity index (χ1n) is 15.9. The Labute approximate surface area is 250 Å². The van der Waals surface area contributed by atoms with Crippen molar-refractivity contribution in [3.63, 3.8) is 0 Å². The number of primary amides is 1. The molecule has 3 N–H and O–H groups in total. The molecule has 2 fully saturated rings. The molecular formula is C36H45N3O3. The monoisotopic (exact) mass is 567 g/mol. The van der Waals surface area contributed by atoms with Crippen molar-refractivity contribution >= 4 is 28.5 Å². The molecule has 1 aliphatic carbocycles. The van der Waals surface area contributed by atoms with Gasteiger partial charge in [0.1, 0.15) is 6.04 Å². The molecule has 3 aromatic rings. The van der Waals surface area contributed by atoms with Crippen LogP contribution in [0.4, 0.5) is 0 Å². The molecule has 1 aliphatic heterocycles. The highest BCUT2D eigenvalue weighted by molar-refractivity contribution is 5.91. The Morgan fingerprint density at radius 1 is 0.881 bits per heavy atom. The number of nitrogens with one attached hydrogen (secondary N) is 1. The summed E-state index contributed by atoms with van der Waals surface area (Å²) in [6.07, 6.45) is 8.97. The Morgan fingerprint density at radius 2 is 1.62 bits per heavy atom. The molecule has 42 heavy (non-hydrogen) atoms. The van der Waals surface area contributed by atoms with Gasteiger partial charge in [0.2, 0.25) is 17.7 Å². The molecular weight excluding hydrogens is 522 g/mol. The van der Waals surface area contributed by atoms with E-state index in [1.54, 1.807) is 0 Å². The second-order valence-electron chi connectivity index (χ2n) is 12.4. The Hall–Kier alpha value is -3.67. The van der Waals surface area contributed by atoms with Crippen molar-refractivity contribution in [2.24, 2.45) is 23.5 Å². The van der Waals surface area contributed by atoms with E-state index in [-0.39, 0.29) is 11.8 Å². The normalized spacial score (nSPS) is 19.4. The molecule has 1 saturated carbocycles. The van der Waals surface area contributed by atoms with E-state index in [9.17, 15) is 14.4 Å². The van der Waals surface area contributed by atoms with E-state index in [0.29, 0.717) is 38.3 Å². The van der Waals surface area contributed by atoms with Gasteiger partial charge in [0.25, 0.3) is 0 Å². The van der Waals surface area contributed by atoms with Crippen molar-refractivity contribution in [2.45, 2.75) is 83.7 Å². The molecule has 0 spiro atoms. The number of carbonyl (C=O) groups excluding carboxylic acids is 3. The van der Waals surface area contributed by atoms with Gasteiger partial charge in [0.05, 0.1) is 0 Å². The van der Waals surface area contributed by atoms with E-state index in [1.807, 2.05) is 24.0 Å². The van der Waals surface area contributed by atoms with E-state index in [4.69, 9.17) is 5.73 Å². The first kappa shape index (κ1) is 29.8. The smallest absolute Gasteiger partial charge is 0.245 e. The van der Waals surface area contributed by atoms with Crippen molar-refractivity contribution in [3.8, 4) is 11.1 Å². The summed E-state index contributed by atoms with van der Waals surface area (Å²) >= 11 is 0. The van der Waals surface area contributed by atoms with Crippen molar-refractivity contribution in [1.82, 2.24) is 10.2 Å². The first-order chi connectivity index (χ1) is 20.4. The highest BCUT2D eigenvalue weighted by atomic mass is 16.2. The van der Waals surface area contributed by atoms with Gasteiger partial charge in [-0.15, -0.1) is 0 Å². The van der Waals surface area contributed by atoms with Crippen LogP contribution in [0.3, 0.4) is 0 Å². The predicted octanol–water partition coefficient (Wildman–Crippen LogP) is 6.60. The van der Waals surface area contributed by atoms with Crippen LogP contribution < -0.4 is 11.1 Å². The van der Waals surface area contributed by atoms with Crippen LogP contribution in [0.5, 0.6) is 0 Å². The second-order valence-corrected chi connectivity index (χ2v) is 12.4. The minimum atomic E-state index is -0.579. The average Bonchev–Trinajstić information content (AvgIpc) is 3.46. The summed E-state index contributed by atoms with van der Waals surface area (Å²) in [4.78, 5) is 41.9. The number of nitrogens with two attached hydrogens (primary N) is 1. The fraction of sp³-hybridized carbons (Fsp3) is 0.472. The van der Waals surface area contributed by atoms with E-state index < -0.39 is 23.8 Å². The fourth-order valence-electron chi connectivity index (χ4n) is 7.03. The van der Waals surface area contributed by atoms with Crippen LogP contribution in [-0.2, 0) is 20.9 Å². The molecule has 3 atom stereocenters. The third-order valence-corrected chi connectivity index (χ3v) is 9.33. The summed E-state index contributed by atoms with van der Waals surface area (Å²) in [5.74, 6) is -1.16. The molecule has 3 amide bonds. The number of nitrogens with zero attached hydrogens (tertiary/aromatic N) is 1. The Morgan fingerprint density at radius 3 is 2.38 bits per heavy atom. The molecule has 1 saturated heterocycles. The van der Waals surface area contributed by atoms with Gasteiger partial charge in [-0.25, -0.2) is 0 Å². The summed E-state index contributed by atoms with van der Waals surface area (Å²) in [5, 5.41) is 5.52. The lowest BCUT2D eigenvalue weighted by molar-refractivity contribution is -0.139. The molecule has 6 nitrogen and oxygen atoms in total. The molecule has 6 heteroatoms. The maximum atomic E-state index is 13.8. The van der Waals surface area contributed by atoms with Gasteiger partial charge >= 0.3 is 0 Å². The van der Waals surface area contributed by atoms with Gasteiger partial charge in [-0.05, 0) is 77.6 Å². The van der Waals surface area contributed by atoms with Gasteiger partial charge in [-0.3, -0.25) is 14.4 Å². The minimum absolute atomic E-state index is 0.0392. The highest BCUT2D eigenvalue weighted by Crippen LogP contribution is 2.34. The zero-order valence-electron chi connectivity index (χ0n) is 24.9. The Bertz CT molecular complexity index is 1400. The summed E-state index contributed by atoms with van der Waals surface area (Å²) in [6, 6.07) is 22.6. The molecule has 2 aliphatic rings. The third-order valence-electron chi connectivity index (χ3n) is 9.33. The van der Waals surface area contributed by atoms with Crippen molar-refractivity contribution in [2.75, 3.05) is 6.54 Å². The number of amides is 3. The van der Waals surface area contributed by atoms with Crippen LogP contribution in [0.15, 0.2) is 66.7 Å². The zero-order valence-corrected chi connectivity index (χ0v) is 24.9. The van der Waals surface area contributed by atoms with Crippen LogP contribution in [0.25, 0.3) is 21.9 Å². The maximum Gasteiger partial charge on any atom is 0.245 e. The highest BCUT2D eigenvalue weighted by Gasteiger charge is 2.37. The predicted molar refractivity (Wildman–Crippen MR) is 168 cm³/mol. The van der Waals surface area contributed by atoms with E-state index >= 15 is 0 Å². The summed E-state index contributed by atoms with van der Waals surface area (Å²) < 4.78 is 0. The van der Waals surface area contributed by atoms with Crippen LogP contribution in [0.1, 0.15) is 76.7 Å². The fourth-order valence-corrected chi connectivity index (χ4v) is 7.03. The van der Waals surface area contributed by atoms with E-state index in [1.165, 1.54) is 23.6 Å². The molecule has 0 aromatic heterocycles. The van der Waals surface area contributed by atoms with Crippen LogP contribution in [0.2, 0.25) is 0 Å². The Balaban J connectivity index is 1.30. The molecule has 3 aromatic carbocycles. The minimum Gasteiger partial charge on any atom is -0.369 e. The number of benzene rings is 3. The molecule has 0 radical (unpaired) electrons. The van der Waals surface area contributed by atoms with Gasteiger partial charge in [0.15, 0.2) is 0 Å². The number of fused-ring (bicyclic) bond motifs is 1. The molecule has 222 valence electrons. The zero-order chi connectivity index (χ0) is 29.5. The van der Waals surface area contributed by atoms with E-state index in [0.717, 1.165) is 48.8 Å². The van der Waals surface area contributed by atoms with Gasteiger partial charge in [0, 0.05) is 24.9 Å². The maximum absolute atomic E-state index is 13.8. The lowest BCUT2D eigenvalue weighted by Crippen LogP contribution is -2.50. The molecule has 5 rings (SSSR count). The lowest BCUT2D eigenvalue weighted by Gasteiger charge is -2.29. The van der Waals surface area contributed by atoms with Gasteiger partial charge in [-0.2, -0.15) is 0 Å². The molecule has 2 unspecified atom stereocenters. The summed E-state index contributed by atoms with van der Waals surface area (Å²) in [6.45, 7) is 3.18. The van der Waals surface area contributed by atoms with Crippen molar-refractivity contribution in [3.05, 3.63) is 72.3 Å². The number of likely N-dealkylation sites (tertiary alicyclic amines) is 1. The van der Waals surface area contributed by atoms with E-state index in [2.05, 4.69) is 59.9 Å². The number of hydrogen-bond acceptors (Lipinski definition) is 3. The summed E-state index contributed by atoms with van der Waals surface area (Å²) in [5.41, 5.74) is 9.15. The quantitative estimate of drug-likeness (QED) is 0.273. The first-order valence-corrected chi connectivity index (χ1v) is 15.9.